The molecule has 1 aromatic heterocycles. The average molecular weight is 483 g/mol. The van der Waals surface area contributed by atoms with E-state index in [4.69, 9.17) is 9.15 Å². The molecule has 31 heavy (non-hydrogen) atoms. The van der Waals surface area contributed by atoms with Gasteiger partial charge in [-0.3, -0.25) is 9.59 Å². The van der Waals surface area contributed by atoms with Crippen LogP contribution in [-0.4, -0.2) is 23.9 Å². The summed E-state index contributed by atoms with van der Waals surface area (Å²) in [4.78, 5) is 25.4. The van der Waals surface area contributed by atoms with E-state index < -0.39 is 11.9 Å². The first kappa shape index (κ1) is 21.2. The van der Waals surface area contributed by atoms with Gasteiger partial charge >= 0.3 is 0 Å². The molecule has 0 bridgehead atoms. The summed E-state index contributed by atoms with van der Waals surface area (Å²) in [6.45, 7) is 0.194. The Morgan fingerprint density at radius 2 is 1.87 bits per heavy atom. The van der Waals surface area contributed by atoms with E-state index >= 15 is 0 Å². The van der Waals surface area contributed by atoms with Gasteiger partial charge in [0.2, 0.25) is 5.91 Å². The van der Waals surface area contributed by atoms with E-state index in [-0.39, 0.29) is 24.3 Å². The number of carbonyl (C=O) groups excluding carboxylic acids is 2. The fourth-order valence-corrected chi connectivity index (χ4v) is 3.48. The molecule has 4 rings (SSSR count). The molecule has 0 aliphatic heterocycles. The highest BCUT2D eigenvalue weighted by Gasteiger charge is 2.29. The molecule has 0 saturated heterocycles. The Morgan fingerprint density at radius 3 is 2.61 bits per heavy atom. The van der Waals surface area contributed by atoms with E-state index in [1.165, 1.54) is 0 Å². The van der Waals surface area contributed by atoms with Crippen molar-refractivity contribution in [3.63, 3.8) is 0 Å². The Labute approximate surface area is 189 Å². The molecular weight excluding hydrogens is 460 g/mol. The maximum atomic E-state index is 12.8. The summed E-state index contributed by atoms with van der Waals surface area (Å²) in [5, 5.41) is 5.79. The monoisotopic (exact) mass is 482 g/mol. The normalized spacial score (nSPS) is 14.0. The zero-order chi connectivity index (χ0) is 21.6. The molecule has 3 aromatic rings. The van der Waals surface area contributed by atoms with Crippen molar-refractivity contribution < 1.29 is 18.7 Å². The number of ether oxygens (including phenoxy) is 1. The minimum absolute atomic E-state index is 0.144. The van der Waals surface area contributed by atoms with Gasteiger partial charge in [0.15, 0.2) is 5.76 Å². The van der Waals surface area contributed by atoms with Crippen molar-refractivity contribution in [2.45, 2.75) is 38.0 Å². The third-order valence-electron chi connectivity index (χ3n) is 4.89. The van der Waals surface area contributed by atoms with Crippen molar-refractivity contribution in [2.24, 2.45) is 0 Å². The summed E-state index contributed by atoms with van der Waals surface area (Å²) in [5.41, 5.74) is 0.973. The first-order valence-electron chi connectivity index (χ1n) is 10.2. The fraction of sp³-hybridized carbons (Fsp3) is 0.250. The first-order chi connectivity index (χ1) is 15.1. The molecule has 160 valence electrons. The summed E-state index contributed by atoms with van der Waals surface area (Å²) in [6.07, 6.45) is 2.37. The van der Waals surface area contributed by atoms with E-state index in [2.05, 4.69) is 26.6 Å². The van der Waals surface area contributed by atoms with Gasteiger partial charge in [-0.2, -0.15) is 0 Å². The molecule has 1 heterocycles. The van der Waals surface area contributed by atoms with Crippen molar-refractivity contribution in [2.75, 3.05) is 0 Å². The lowest BCUT2D eigenvalue weighted by Crippen LogP contribution is -2.48. The second kappa shape index (κ2) is 9.83. The van der Waals surface area contributed by atoms with Gasteiger partial charge in [0.05, 0.1) is 0 Å². The largest absolute Gasteiger partial charge is 0.486 e. The van der Waals surface area contributed by atoms with Crippen molar-refractivity contribution in [1.82, 2.24) is 10.6 Å². The number of benzene rings is 2. The van der Waals surface area contributed by atoms with E-state index in [1.807, 2.05) is 54.6 Å². The zero-order valence-corrected chi connectivity index (χ0v) is 18.4. The third kappa shape index (κ3) is 6.21. The second-order valence-corrected chi connectivity index (χ2v) is 8.43. The lowest BCUT2D eigenvalue weighted by Gasteiger charge is -2.18. The Bertz CT molecular complexity index is 1050. The Kier molecular flexibility index (Phi) is 6.72. The van der Waals surface area contributed by atoms with Crippen molar-refractivity contribution in [3.05, 3.63) is 88.3 Å². The smallest absolute Gasteiger partial charge is 0.287 e. The maximum absolute atomic E-state index is 12.8. The summed E-state index contributed by atoms with van der Waals surface area (Å²) in [7, 11) is 0. The molecule has 6 nitrogen and oxygen atoms in total. The molecule has 7 heteroatoms. The molecular formula is C24H23BrN2O4. The van der Waals surface area contributed by atoms with Gasteiger partial charge in [0.25, 0.3) is 5.91 Å². The van der Waals surface area contributed by atoms with Crippen LogP contribution in [0.15, 0.2) is 75.6 Å². The van der Waals surface area contributed by atoms with Crippen LogP contribution in [0.2, 0.25) is 0 Å². The molecule has 1 saturated carbocycles. The van der Waals surface area contributed by atoms with E-state index in [1.54, 1.807) is 12.1 Å². The SMILES string of the molecule is O=C(NC(Cc1ccccc1)C(=O)NC1CC1)c1ccc(COc2cccc(Br)c2)o1. The Hall–Kier alpha value is -3.06. The van der Waals surface area contributed by atoms with Gasteiger partial charge in [-0.05, 0) is 48.7 Å². The van der Waals surface area contributed by atoms with E-state index in [9.17, 15) is 9.59 Å². The lowest BCUT2D eigenvalue weighted by molar-refractivity contribution is -0.123. The van der Waals surface area contributed by atoms with Crippen molar-refractivity contribution in [3.8, 4) is 5.75 Å². The van der Waals surface area contributed by atoms with Crippen LogP contribution in [0.4, 0.5) is 0 Å². The van der Waals surface area contributed by atoms with Crippen LogP contribution in [-0.2, 0) is 17.8 Å². The minimum atomic E-state index is -0.679. The number of halogens is 1. The predicted molar refractivity (Wildman–Crippen MR) is 120 cm³/mol. The molecule has 0 spiro atoms. The number of rotatable bonds is 9. The molecule has 1 atom stereocenters. The van der Waals surface area contributed by atoms with E-state index in [0.717, 1.165) is 22.9 Å². The van der Waals surface area contributed by atoms with Crippen LogP contribution in [0.25, 0.3) is 0 Å². The number of nitrogens with one attached hydrogen (secondary N) is 2. The van der Waals surface area contributed by atoms with Crippen LogP contribution in [0.5, 0.6) is 5.75 Å². The fourth-order valence-electron chi connectivity index (χ4n) is 3.11. The minimum Gasteiger partial charge on any atom is -0.486 e. The van der Waals surface area contributed by atoms with Crippen LogP contribution < -0.4 is 15.4 Å². The number of carbonyl (C=O) groups is 2. The molecule has 1 fully saturated rings. The molecule has 2 N–H and O–H groups in total. The van der Waals surface area contributed by atoms with Gasteiger partial charge in [-0.15, -0.1) is 0 Å². The summed E-state index contributed by atoms with van der Waals surface area (Å²) in [6, 6.07) is 19.9. The number of amides is 2. The van der Waals surface area contributed by atoms with Gasteiger partial charge < -0.3 is 19.8 Å². The standard InChI is InChI=1S/C24H23BrN2O4/c25-17-7-4-8-19(14-17)30-15-20-11-12-22(31-20)24(29)27-21(23(28)26-18-9-10-18)13-16-5-2-1-3-6-16/h1-8,11-12,14,18,21H,9-10,13,15H2,(H,26,28)(H,27,29). The first-order valence-corrected chi connectivity index (χ1v) is 11.0. The highest BCUT2D eigenvalue weighted by atomic mass is 79.9. The zero-order valence-electron chi connectivity index (χ0n) is 16.8. The topological polar surface area (TPSA) is 80.6 Å². The second-order valence-electron chi connectivity index (χ2n) is 7.51. The predicted octanol–water partition coefficient (Wildman–Crippen LogP) is 4.24. The Morgan fingerprint density at radius 1 is 1.06 bits per heavy atom. The van der Waals surface area contributed by atoms with Gasteiger partial charge in [0, 0.05) is 16.9 Å². The quantitative estimate of drug-likeness (QED) is 0.477. The van der Waals surface area contributed by atoms with Crippen molar-refractivity contribution in [1.29, 1.82) is 0 Å². The van der Waals surface area contributed by atoms with Crippen LogP contribution in [0.1, 0.15) is 34.7 Å². The van der Waals surface area contributed by atoms with Crippen LogP contribution >= 0.6 is 15.9 Å². The van der Waals surface area contributed by atoms with Gasteiger partial charge in [0.1, 0.15) is 24.2 Å². The van der Waals surface area contributed by atoms with Crippen LogP contribution in [0, 0.1) is 0 Å². The van der Waals surface area contributed by atoms with Crippen LogP contribution in [0.3, 0.4) is 0 Å². The summed E-state index contributed by atoms with van der Waals surface area (Å²) < 4.78 is 12.3. The molecule has 2 amide bonds. The average Bonchev–Trinajstić information content (AvgIpc) is 3.45. The highest BCUT2D eigenvalue weighted by molar-refractivity contribution is 9.10. The number of hydrogen-bond donors (Lipinski definition) is 2. The molecule has 1 aliphatic rings. The molecule has 1 aliphatic carbocycles. The molecule has 1 unspecified atom stereocenters. The van der Waals surface area contributed by atoms with Crippen molar-refractivity contribution >= 4 is 27.7 Å². The maximum Gasteiger partial charge on any atom is 0.287 e. The summed E-state index contributed by atoms with van der Waals surface area (Å²) >= 11 is 3.40. The third-order valence-corrected chi connectivity index (χ3v) is 5.38. The lowest BCUT2D eigenvalue weighted by atomic mass is 10.1. The van der Waals surface area contributed by atoms with Gasteiger partial charge in [-0.1, -0.05) is 52.3 Å². The van der Waals surface area contributed by atoms with Gasteiger partial charge in [-0.25, -0.2) is 0 Å². The molecule has 2 aromatic carbocycles. The summed E-state index contributed by atoms with van der Waals surface area (Å²) in [5.74, 6) is 0.749. The molecule has 0 radical (unpaired) electrons. The number of furan rings is 1. The Balaban J connectivity index is 1.38. The van der Waals surface area contributed by atoms with E-state index in [0.29, 0.717) is 17.9 Å². The highest BCUT2D eigenvalue weighted by Crippen LogP contribution is 2.20. The number of hydrogen-bond acceptors (Lipinski definition) is 4.